The van der Waals surface area contributed by atoms with Crippen molar-refractivity contribution in [1.82, 2.24) is 24.4 Å². The van der Waals surface area contributed by atoms with E-state index in [0.717, 1.165) is 12.8 Å². The standard InChI is InChI=1S/C20H21N5O3/c26-18(8-12-25-14-23-17-7-2-1-6-16(17)19(25)27)24-11-3-5-15(13-24)28-20-21-9-4-10-22-20/h1-2,4,6-7,9-10,14-15H,3,5,8,11-13H2. The number of amides is 1. The van der Waals surface area contributed by atoms with Gasteiger partial charge in [0.2, 0.25) is 5.91 Å². The molecule has 1 aliphatic heterocycles. The molecule has 28 heavy (non-hydrogen) atoms. The molecule has 0 bridgehead atoms. The van der Waals surface area contributed by atoms with Gasteiger partial charge in [-0.2, -0.15) is 0 Å². The van der Waals surface area contributed by atoms with E-state index in [2.05, 4.69) is 15.0 Å². The van der Waals surface area contributed by atoms with E-state index in [0.29, 0.717) is 36.5 Å². The molecule has 0 radical (unpaired) electrons. The Kier molecular flexibility index (Phi) is 5.27. The topological polar surface area (TPSA) is 90.2 Å². The molecule has 0 N–H and O–H groups in total. The van der Waals surface area contributed by atoms with Crippen LogP contribution in [-0.4, -0.2) is 49.5 Å². The maximum atomic E-state index is 12.6. The van der Waals surface area contributed by atoms with E-state index in [4.69, 9.17) is 4.74 Å². The summed E-state index contributed by atoms with van der Waals surface area (Å²) in [5, 5.41) is 0.562. The number of carbonyl (C=O) groups excluding carboxylic acids is 1. The number of benzene rings is 1. The van der Waals surface area contributed by atoms with Crippen LogP contribution in [0.3, 0.4) is 0 Å². The number of carbonyl (C=O) groups is 1. The summed E-state index contributed by atoms with van der Waals surface area (Å²) in [4.78, 5) is 39.4. The van der Waals surface area contributed by atoms with Crippen LogP contribution in [0.5, 0.6) is 6.01 Å². The molecule has 1 amide bonds. The Morgan fingerprint density at radius 3 is 2.82 bits per heavy atom. The molecule has 1 saturated heterocycles. The van der Waals surface area contributed by atoms with Gasteiger partial charge in [-0.05, 0) is 31.0 Å². The van der Waals surface area contributed by atoms with Crippen LogP contribution < -0.4 is 10.3 Å². The number of likely N-dealkylation sites (tertiary alicyclic amines) is 1. The van der Waals surface area contributed by atoms with Crippen molar-refractivity contribution in [2.75, 3.05) is 13.1 Å². The molecule has 0 spiro atoms. The van der Waals surface area contributed by atoms with E-state index in [1.807, 2.05) is 12.1 Å². The van der Waals surface area contributed by atoms with Crippen LogP contribution in [0.25, 0.3) is 10.9 Å². The predicted octanol–water partition coefficient (Wildman–Crippen LogP) is 1.65. The molecule has 4 rings (SSSR count). The quantitative estimate of drug-likeness (QED) is 0.670. The van der Waals surface area contributed by atoms with E-state index >= 15 is 0 Å². The van der Waals surface area contributed by atoms with Crippen LogP contribution in [0.4, 0.5) is 0 Å². The molecular formula is C20H21N5O3. The molecule has 3 aromatic rings. The van der Waals surface area contributed by atoms with Gasteiger partial charge in [0, 0.05) is 31.9 Å². The summed E-state index contributed by atoms with van der Waals surface area (Å²) in [6.07, 6.45) is 6.61. The lowest BCUT2D eigenvalue weighted by Crippen LogP contribution is -2.44. The monoisotopic (exact) mass is 379 g/mol. The third-order valence-corrected chi connectivity index (χ3v) is 4.84. The third-order valence-electron chi connectivity index (χ3n) is 4.84. The molecule has 3 heterocycles. The summed E-state index contributed by atoms with van der Waals surface area (Å²) in [6, 6.07) is 9.27. The minimum Gasteiger partial charge on any atom is -0.458 e. The number of rotatable bonds is 5. The van der Waals surface area contributed by atoms with Gasteiger partial charge in [0.15, 0.2) is 0 Å². The van der Waals surface area contributed by atoms with Gasteiger partial charge in [-0.1, -0.05) is 12.1 Å². The molecule has 1 fully saturated rings. The van der Waals surface area contributed by atoms with Crippen molar-refractivity contribution in [3.63, 3.8) is 0 Å². The van der Waals surface area contributed by atoms with Crippen molar-refractivity contribution in [3.8, 4) is 6.01 Å². The normalized spacial score (nSPS) is 16.9. The van der Waals surface area contributed by atoms with Crippen molar-refractivity contribution in [2.45, 2.75) is 31.9 Å². The van der Waals surface area contributed by atoms with Crippen molar-refractivity contribution >= 4 is 16.8 Å². The maximum Gasteiger partial charge on any atom is 0.316 e. The third kappa shape index (κ3) is 4.00. The summed E-state index contributed by atoms with van der Waals surface area (Å²) < 4.78 is 7.28. The second kappa shape index (κ2) is 8.16. The molecule has 8 heteroatoms. The van der Waals surface area contributed by atoms with Crippen molar-refractivity contribution in [3.05, 3.63) is 59.4 Å². The number of aromatic nitrogens is 4. The van der Waals surface area contributed by atoms with Gasteiger partial charge in [-0.3, -0.25) is 14.2 Å². The molecular weight excluding hydrogens is 358 g/mol. The Bertz CT molecular complexity index is 1020. The number of para-hydroxylation sites is 1. The number of ether oxygens (including phenoxy) is 1. The number of fused-ring (bicyclic) bond motifs is 1. The molecule has 1 aromatic carbocycles. The van der Waals surface area contributed by atoms with E-state index < -0.39 is 0 Å². The van der Waals surface area contributed by atoms with Gasteiger partial charge in [0.25, 0.3) is 5.56 Å². The lowest BCUT2D eigenvalue weighted by molar-refractivity contribution is -0.134. The van der Waals surface area contributed by atoms with Crippen LogP contribution in [0.1, 0.15) is 19.3 Å². The average molecular weight is 379 g/mol. The molecule has 1 unspecified atom stereocenters. The number of piperidine rings is 1. The van der Waals surface area contributed by atoms with Gasteiger partial charge in [-0.25, -0.2) is 15.0 Å². The second-order valence-corrected chi connectivity index (χ2v) is 6.76. The zero-order valence-corrected chi connectivity index (χ0v) is 15.4. The van der Waals surface area contributed by atoms with Gasteiger partial charge >= 0.3 is 6.01 Å². The lowest BCUT2D eigenvalue weighted by atomic mass is 10.1. The fourth-order valence-corrected chi connectivity index (χ4v) is 3.40. The molecule has 1 atom stereocenters. The van der Waals surface area contributed by atoms with Crippen LogP contribution in [0.2, 0.25) is 0 Å². The van der Waals surface area contributed by atoms with Gasteiger partial charge in [0.1, 0.15) is 6.10 Å². The van der Waals surface area contributed by atoms with Gasteiger partial charge in [0.05, 0.1) is 23.8 Å². The first-order chi connectivity index (χ1) is 13.7. The highest BCUT2D eigenvalue weighted by atomic mass is 16.5. The first kappa shape index (κ1) is 18.1. The maximum absolute atomic E-state index is 12.6. The highest BCUT2D eigenvalue weighted by molar-refractivity contribution is 5.77. The molecule has 2 aromatic heterocycles. The molecule has 0 aliphatic carbocycles. The van der Waals surface area contributed by atoms with E-state index in [1.165, 1.54) is 10.9 Å². The largest absolute Gasteiger partial charge is 0.458 e. The Morgan fingerprint density at radius 2 is 1.96 bits per heavy atom. The summed E-state index contributed by atoms with van der Waals surface area (Å²) in [5.41, 5.74) is 0.536. The SMILES string of the molecule is O=C(CCn1cnc2ccccc2c1=O)N1CCCC(Oc2ncccn2)C1. The summed E-state index contributed by atoms with van der Waals surface area (Å²) in [6.45, 7) is 1.50. The fourth-order valence-electron chi connectivity index (χ4n) is 3.40. The average Bonchev–Trinajstić information content (AvgIpc) is 2.74. The zero-order valence-electron chi connectivity index (χ0n) is 15.4. The lowest BCUT2D eigenvalue weighted by Gasteiger charge is -2.32. The van der Waals surface area contributed by atoms with Crippen LogP contribution in [-0.2, 0) is 11.3 Å². The van der Waals surface area contributed by atoms with Crippen molar-refractivity contribution < 1.29 is 9.53 Å². The minimum atomic E-state index is -0.125. The Balaban J connectivity index is 1.37. The van der Waals surface area contributed by atoms with Crippen LogP contribution >= 0.6 is 0 Å². The second-order valence-electron chi connectivity index (χ2n) is 6.76. The molecule has 0 saturated carbocycles. The van der Waals surface area contributed by atoms with Gasteiger partial charge < -0.3 is 9.64 Å². The zero-order chi connectivity index (χ0) is 19.3. The Hall–Kier alpha value is -3.29. The molecule has 1 aliphatic rings. The van der Waals surface area contributed by atoms with Crippen molar-refractivity contribution in [2.24, 2.45) is 0 Å². The van der Waals surface area contributed by atoms with Crippen molar-refractivity contribution in [1.29, 1.82) is 0 Å². The first-order valence-electron chi connectivity index (χ1n) is 9.36. The summed E-state index contributed by atoms with van der Waals surface area (Å²) in [5.74, 6) is 0.00217. The smallest absolute Gasteiger partial charge is 0.316 e. The van der Waals surface area contributed by atoms with E-state index in [1.54, 1.807) is 35.5 Å². The van der Waals surface area contributed by atoms with Crippen LogP contribution in [0.15, 0.2) is 53.8 Å². The Labute approximate surface area is 161 Å². The number of hydrogen-bond acceptors (Lipinski definition) is 6. The number of aryl methyl sites for hydroxylation is 1. The molecule has 144 valence electrons. The number of nitrogens with zero attached hydrogens (tertiary/aromatic N) is 5. The van der Waals surface area contributed by atoms with E-state index in [9.17, 15) is 9.59 Å². The van der Waals surface area contributed by atoms with E-state index in [-0.39, 0.29) is 24.0 Å². The summed E-state index contributed by atoms with van der Waals surface area (Å²) in [7, 11) is 0. The van der Waals surface area contributed by atoms with Gasteiger partial charge in [-0.15, -0.1) is 0 Å². The fraction of sp³-hybridized carbons (Fsp3) is 0.350. The predicted molar refractivity (Wildman–Crippen MR) is 103 cm³/mol. The summed E-state index contributed by atoms with van der Waals surface area (Å²) >= 11 is 0. The number of hydrogen-bond donors (Lipinski definition) is 0. The highest BCUT2D eigenvalue weighted by Crippen LogP contribution is 2.16. The Morgan fingerprint density at radius 1 is 1.14 bits per heavy atom. The minimum absolute atomic E-state index is 0.00217. The first-order valence-corrected chi connectivity index (χ1v) is 9.36. The highest BCUT2D eigenvalue weighted by Gasteiger charge is 2.25. The molecule has 8 nitrogen and oxygen atoms in total. The van der Waals surface area contributed by atoms with Crippen LogP contribution in [0, 0.1) is 0 Å².